The molecule has 0 fully saturated rings. The molecule has 0 atom stereocenters. The molecule has 0 aliphatic carbocycles. The maximum atomic E-state index is 13.3. The fourth-order valence-electron chi connectivity index (χ4n) is 4.05. The van der Waals surface area contributed by atoms with Gasteiger partial charge in [-0.1, -0.05) is 60.7 Å². The van der Waals surface area contributed by atoms with Crippen molar-refractivity contribution < 1.29 is 9.90 Å². The van der Waals surface area contributed by atoms with Crippen LogP contribution in [0.1, 0.15) is 21.9 Å². The zero-order valence-electron chi connectivity index (χ0n) is 18.2. The first-order valence-electron chi connectivity index (χ1n) is 10.6. The summed E-state index contributed by atoms with van der Waals surface area (Å²) in [6, 6.07) is 22.8. The number of hydrogen-bond donors (Lipinski definition) is 2. The normalized spacial score (nSPS) is 11.1. The standard InChI is InChI=1S/C26H20N4O4/c1-29-22(23(31)17-11-5-6-12-18(17)25(29)33)24(32)28-30-21(15-16-9-3-2-4-10-16)27-20-14-8-7-13-19(20)26(30)34/h2-14,31H,15H2,1H3,(H,28,32). The maximum Gasteiger partial charge on any atom is 0.290 e. The van der Waals surface area contributed by atoms with Gasteiger partial charge in [0.2, 0.25) is 0 Å². The van der Waals surface area contributed by atoms with Crippen LogP contribution in [-0.2, 0) is 13.5 Å². The summed E-state index contributed by atoms with van der Waals surface area (Å²) in [7, 11) is 1.40. The number of benzene rings is 3. The number of carbonyl (C=O) groups is 1. The number of pyridine rings is 1. The van der Waals surface area contributed by atoms with Crippen LogP contribution in [-0.4, -0.2) is 25.2 Å². The highest BCUT2D eigenvalue weighted by molar-refractivity contribution is 6.05. The molecule has 3 aromatic carbocycles. The third-order valence-corrected chi connectivity index (χ3v) is 5.76. The van der Waals surface area contributed by atoms with Gasteiger partial charge < -0.3 is 9.67 Å². The van der Waals surface area contributed by atoms with Gasteiger partial charge in [-0.15, -0.1) is 0 Å². The van der Waals surface area contributed by atoms with Crippen molar-refractivity contribution in [1.29, 1.82) is 0 Å². The molecule has 2 aromatic heterocycles. The van der Waals surface area contributed by atoms with Crippen molar-refractivity contribution in [3.63, 3.8) is 0 Å². The Balaban J connectivity index is 1.66. The molecule has 8 nitrogen and oxygen atoms in total. The summed E-state index contributed by atoms with van der Waals surface area (Å²) in [5.41, 5.74) is 2.81. The molecular formula is C26H20N4O4. The second kappa shape index (κ2) is 8.32. The molecule has 2 N–H and O–H groups in total. The average molecular weight is 452 g/mol. The van der Waals surface area contributed by atoms with Crippen molar-refractivity contribution in [3.8, 4) is 5.75 Å². The Morgan fingerprint density at radius 2 is 1.47 bits per heavy atom. The Hall–Kier alpha value is -4.72. The largest absolute Gasteiger partial charge is 0.505 e. The van der Waals surface area contributed by atoms with Crippen LogP contribution in [0.5, 0.6) is 5.75 Å². The molecular weight excluding hydrogens is 432 g/mol. The molecule has 0 spiro atoms. The third kappa shape index (κ3) is 3.51. The fourth-order valence-corrected chi connectivity index (χ4v) is 4.05. The monoisotopic (exact) mass is 452 g/mol. The number of amides is 1. The first-order valence-corrected chi connectivity index (χ1v) is 10.6. The Kier molecular flexibility index (Phi) is 5.18. The minimum absolute atomic E-state index is 0.254. The number of aromatic nitrogens is 3. The van der Waals surface area contributed by atoms with Gasteiger partial charge in [-0.2, -0.15) is 0 Å². The van der Waals surface area contributed by atoms with E-state index < -0.39 is 17.0 Å². The van der Waals surface area contributed by atoms with E-state index in [2.05, 4.69) is 10.4 Å². The lowest BCUT2D eigenvalue weighted by molar-refractivity contribution is 0.0994. The molecule has 0 radical (unpaired) electrons. The summed E-state index contributed by atoms with van der Waals surface area (Å²) < 4.78 is 2.15. The molecule has 5 aromatic rings. The van der Waals surface area contributed by atoms with E-state index in [-0.39, 0.29) is 28.6 Å². The lowest BCUT2D eigenvalue weighted by Crippen LogP contribution is -2.38. The molecule has 0 aliphatic heterocycles. The number of nitrogens with one attached hydrogen (secondary N) is 1. The molecule has 0 aliphatic rings. The van der Waals surface area contributed by atoms with Gasteiger partial charge in [-0.3, -0.25) is 19.8 Å². The number of rotatable bonds is 4. The van der Waals surface area contributed by atoms with Gasteiger partial charge in [0.25, 0.3) is 17.0 Å². The van der Waals surface area contributed by atoms with Crippen molar-refractivity contribution in [2.75, 3.05) is 5.43 Å². The second-order valence-electron chi connectivity index (χ2n) is 7.90. The summed E-state index contributed by atoms with van der Waals surface area (Å²) >= 11 is 0. The highest BCUT2D eigenvalue weighted by Crippen LogP contribution is 2.26. The van der Waals surface area contributed by atoms with Crippen LogP contribution in [0.3, 0.4) is 0 Å². The predicted molar refractivity (Wildman–Crippen MR) is 130 cm³/mol. The minimum Gasteiger partial charge on any atom is -0.505 e. The van der Waals surface area contributed by atoms with Gasteiger partial charge in [0.1, 0.15) is 5.82 Å². The number of nitrogens with zero attached hydrogens (tertiary/aromatic N) is 3. The number of aromatic hydroxyl groups is 1. The Bertz CT molecular complexity index is 1690. The number of hydrogen-bond acceptors (Lipinski definition) is 5. The zero-order valence-corrected chi connectivity index (χ0v) is 18.2. The quantitative estimate of drug-likeness (QED) is 0.436. The van der Waals surface area contributed by atoms with Crippen LogP contribution in [0.25, 0.3) is 21.7 Å². The minimum atomic E-state index is -0.809. The van der Waals surface area contributed by atoms with Gasteiger partial charge >= 0.3 is 0 Å². The smallest absolute Gasteiger partial charge is 0.290 e. The topological polar surface area (TPSA) is 106 Å². The Morgan fingerprint density at radius 1 is 0.853 bits per heavy atom. The van der Waals surface area contributed by atoms with Crippen molar-refractivity contribution in [2.24, 2.45) is 7.05 Å². The first kappa shape index (κ1) is 21.1. The molecule has 2 heterocycles. The molecule has 34 heavy (non-hydrogen) atoms. The van der Waals surface area contributed by atoms with E-state index in [4.69, 9.17) is 0 Å². The van der Waals surface area contributed by atoms with Gasteiger partial charge in [0, 0.05) is 18.9 Å². The van der Waals surface area contributed by atoms with Gasteiger partial charge in [-0.05, 0) is 23.8 Å². The highest BCUT2D eigenvalue weighted by atomic mass is 16.3. The van der Waals surface area contributed by atoms with Crippen molar-refractivity contribution in [2.45, 2.75) is 6.42 Å². The Labute approximate surface area is 193 Å². The van der Waals surface area contributed by atoms with Crippen LogP contribution >= 0.6 is 0 Å². The van der Waals surface area contributed by atoms with Crippen molar-refractivity contribution in [1.82, 2.24) is 14.2 Å². The molecule has 0 saturated carbocycles. The zero-order chi connectivity index (χ0) is 23.8. The van der Waals surface area contributed by atoms with Crippen LogP contribution in [0.15, 0.2) is 88.5 Å². The number of carbonyl (C=O) groups excluding carboxylic acids is 1. The van der Waals surface area contributed by atoms with Crippen molar-refractivity contribution >= 4 is 27.6 Å². The van der Waals surface area contributed by atoms with E-state index in [1.807, 2.05) is 30.3 Å². The second-order valence-corrected chi connectivity index (χ2v) is 7.90. The van der Waals surface area contributed by atoms with Gasteiger partial charge in [0.15, 0.2) is 11.4 Å². The van der Waals surface area contributed by atoms with Crippen molar-refractivity contribution in [3.05, 3.63) is 117 Å². The van der Waals surface area contributed by atoms with Crippen LogP contribution < -0.4 is 16.5 Å². The fraction of sp³-hybridized carbons (Fsp3) is 0.0769. The van der Waals surface area contributed by atoms with Crippen LogP contribution in [0, 0.1) is 0 Å². The molecule has 1 amide bonds. The summed E-state index contributed by atoms with van der Waals surface area (Å²) in [6.45, 7) is 0. The van der Waals surface area contributed by atoms with E-state index in [9.17, 15) is 19.5 Å². The molecule has 5 rings (SSSR count). The van der Waals surface area contributed by atoms with E-state index in [1.165, 1.54) is 7.05 Å². The molecule has 0 unspecified atom stereocenters. The van der Waals surface area contributed by atoms with E-state index in [0.717, 1.165) is 14.8 Å². The summed E-state index contributed by atoms with van der Waals surface area (Å²) in [5.74, 6) is -0.841. The number of fused-ring (bicyclic) bond motifs is 2. The highest BCUT2D eigenvalue weighted by Gasteiger charge is 2.22. The predicted octanol–water partition coefficient (Wildman–Crippen LogP) is 2.93. The SMILES string of the molecule is Cn1c(C(=O)Nn2c(Cc3ccccc3)nc3ccccc3c2=O)c(O)c2ccccc2c1=O. The first-order chi connectivity index (χ1) is 16.5. The van der Waals surface area contributed by atoms with Crippen LogP contribution in [0.4, 0.5) is 0 Å². The maximum absolute atomic E-state index is 13.3. The summed E-state index contributed by atoms with van der Waals surface area (Å²) in [5, 5.41) is 11.7. The molecule has 0 saturated heterocycles. The Morgan fingerprint density at radius 3 is 2.21 bits per heavy atom. The molecule has 168 valence electrons. The summed E-state index contributed by atoms with van der Waals surface area (Å²) in [6.07, 6.45) is 0.282. The summed E-state index contributed by atoms with van der Waals surface area (Å²) in [4.78, 5) is 44.1. The van der Waals surface area contributed by atoms with E-state index in [1.54, 1.807) is 48.5 Å². The van der Waals surface area contributed by atoms with E-state index >= 15 is 0 Å². The number of para-hydroxylation sites is 1. The lowest BCUT2D eigenvalue weighted by Gasteiger charge is -2.17. The molecule has 0 bridgehead atoms. The van der Waals surface area contributed by atoms with Gasteiger partial charge in [0.05, 0.1) is 16.3 Å². The van der Waals surface area contributed by atoms with Gasteiger partial charge in [-0.25, -0.2) is 9.66 Å². The van der Waals surface area contributed by atoms with Crippen LogP contribution in [0.2, 0.25) is 0 Å². The lowest BCUT2D eigenvalue weighted by atomic mass is 10.1. The van der Waals surface area contributed by atoms with E-state index in [0.29, 0.717) is 16.7 Å². The molecule has 8 heteroatoms. The average Bonchev–Trinajstić information content (AvgIpc) is 2.86. The third-order valence-electron chi connectivity index (χ3n) is 5.76.